The molecule has 1 N–H and O–H groups in total. The van der Waals surface area contributed by atoms with Gasteiger partial charge in [-0.15, -0.1) is 11.8 Å². The van der Waals surface area contributed by atoms with Crippen molar-refractivity contribution in [1.82, 2.24) is 5.32 Å². The van der Waals surface area contributed by atoms with E-state index < -0.39 is 0 Å². The molecule has 4 nitrogen and oxygen atoms in total. The van der Waals surface area contributed by atoms with Crippen LogP contribution in [0.15, 0.2) is 77.7 Å². The maximum Gasteiger partial charge on any atom is 0.251 e. The predicted molar refractivity (Wildman–Crippen MR) is 123 cm³/mol. The maximum absolute atomic E-state index is 12.3. The molecule has 1 amide bonds. The van der Waals surface area contributed by atoms with Crippen molar-refractivity contribution in [3.05, 3.63) is 88.9 Å². The van der Waals surface area contributed by atoms with E-state index in [2.05, 4.69) is 17.4 Å². The van der Waals surface area contributed by atoms with E-state index in [4.69, 9.17) is 21.1 Å². The summed E-state index contributed by atoms with van der Waals surface area (Å²) in [6.45, 7) is 3.31. The van der Waals surface area contributed by atoms with Crippen LogP contribution in [0.25, 0.3) is 0 Å². The standard InChI is InChI=1S/C24H24ClNO3S/c1-18-7-10-21(17-23(18)25)28-14-13-26-24(27)19-8-11-20(12-9-19)29-15-16-30-22-5-3-2-4-6-22/h2-12,17H,13-16H2,1H3,(H,26,27). The summed E-state index contributed by atoms with van der Waals surface area (Å²) in [7, 11) is 0. The van der Waals surface area contributed by atoms with Crippen molar-refractivity contribution in [2.45, 2.75) is 11.8 Å². The molecule has 3 rings (SSSR count). The highest BCUT2D eigenvalue weighted by atomic mass is 35.5. The summed E-state index contributed by atoms with van der Waals surface area (Å²) in [5.41, 5.74) is 1.58. The van der Waals surface area contributed by atoms with Crippen molar-refractivity contribution in [1.29, 1.82) is 0 Å². The Labute approximate surface area is 186 Å². The summed E-state index contributed by atoms with van der Waals surface area (Å²) in [4.78, 5) is 13.5. The highest BCUT2D eigenvalue weighted by Crippen LogP contribution is 2.21. The van der Waals surface area contributed by atoms with Crippen LogP contribution in [0.3, 0.4) is 0 Å². The third-order valence-corrected chi connectivity index (χ3v) is 5.66. The number of ether oxygens (including phenoxy) is 2. The Balaban J connectivity index is 1.35. The Morgan fingerprint density at radius 3 is 2.37 bits per heavy atom. The molecule has 0 saturated carbocycles. The Hall–Kier alpha value is -2.63. The fourth-order valence-corrected chi connectivity index (χ4v) is 3.56. The molecule has 0 saturated heterocycles. The lowest BCUT2D eigenvalue weighted by Gasteiger charge is -2.10. The highest BCUT2D eigenvalue weighted by Gasteiger charge is 2.06. The molecular weight excluding hydrogens is 418 g/mol. The van der Waals surface area contributed by atoms with E-state index in [1.165, 1.54) is 4.90 Å². The van der Waals surface area contributed by atoms with Gasteiger partial charge in [0.05, 0.1) is 13.2 Å². The normalized spacial score (nSPS) is 10.5. The Bertz CT molecular complexity index is 948. The molecule has 6 heteroatoms. The second kappa shape index (κ2) is 11.5. The molecule has 156 valence electrons. The van der Waals surface area contributed by atoms with Gasteiger partial charge in [-0.1, -0.05) is 35.9 Å². The van der Waals surface area contributed by atoms with Crippen molar-refractivity contribution < 1.29 is 14.3 Å². The van der Waals surface area contributed by atoms with Crippen LogP contribution in [0.5, 0.6) is 11.5 Å². The van der Waals surface area contributed by atoms with Crippen molar-refractivity contribution in [2.24, 2.45) is 0 Å². The molecule has 0 aliphatic heterocycles. The molecule has 0 radical (unpaired) electrons. The SMILES string of the molecule is Cc1ccc(OCCNC(=O)c2ccc(OCCSc3ccccc3)cc2)cc1Cl. The van der Waals surface area contributed by atoms with E-state index in [1.54, 1.807) is 30.0 Å². The molecule has 0 aliphatic rings. The van der Waals surface area contributed by atoms with Crippen molar-refractivity contribution in [2.75, 3.05) is 25.5 Å². The second-order valence-corrected chi connectivity index (χ2v) is 8.13. The van der Waals surface area contributed by atoms with E-state index >= 15 is 0 Å². The molecule has 0 aromatic heterocycles. The number of nitrogens with one attached hydrogen (secondary N) is 1. The molecule has 0 aliphatic carbocycles. The van der Waals surface area contributed by atoms with Crippen LogP contribution in [0.4, 0.5) is 0 Å². The van der Waals surface area contributed by atoms with Crippen LogP contribution in [-0.4, -0.2) is 31.4 Å². The van der Waals surface area contributed by atoms with Gasteiger partial charge in [-0.2, -0.15) is 0 Å². The van der Waals surface area contributed by atoms with E-state index in [9.17, 15) is 4.79 Å². The van der Waals surface area contributed by atoms with Crippen molar-refractivity contribution >= 4 is 29.3 Å². The van der Waals surface area contributed by atoms with Crippen LogP contribution in [-0.2, 0) is 0 Å². The van der Waals surface area contributed by atoms with Crippen molar-refractivity contribution in [3.63, 3.8) is 0 Å². The minimum atomic E-state index is -0.147. The fraction of sp³-hybridized carbons (Fsp3) is 0.208. The van der Waals surface area contributed by atoms with Crippen LogP contribution in [0.1, 0.15) is 15.9 Å². The Morgan fingerprint density at radius 1 is 0.933 bits per heavy atom. The number of carbonyl (C=O) groups excluding carboxylic acids is 1. The monoisotopic (exact) mass is 441 g/mol. The van der Waals surface area contributed by atoms with Gasteiger partial charge in [0, 0.05) is 21.2 Å². The van der Waals surface area contributed by atoms with Crippen LogP contribution < -0.4 is 14.8 Å². The van der Waals surface area contributed by atoms with Gasteiger partial charge in [0.15, 0.2) is 0 Å². The minimum Gasteiger partial charge on any atom is -0.493 e. The van der Waals surface area contributed by atoms with E-state index in [1.807, 2.05) is 49.4 Å². The predicted octanol–water partition coefficient (Wildman–Crippen LogP) is 5.63. The number of amides is 1. The third-order valence-electron chi connectivity index (χ3n) is 4.28. The van der Waals surface area contributed by atoms with Gasteiger partial charge in [0.2, 0.25) is 0 Å². The van der Waals surface area contributed by atoms with Gasteiger partial charge in [-0.05, 0) is 61.0 Å². The molecule has 30 heavy (non-hydrogen) atoms. The fourth-order valence-electron chi connectivity index (χ4n) is 2.64. The smallest absolute Gasteiger partial charge is 0.251 e. The lowest BCUT2D eigenvalue weighted by molar-refractivity contribution is 0.0947. The molecule has 0 unspecified atom stereocenters. The number of aryl methyl sites for hydroxylation is 1. The first kappa shape index (κ1) is 22.1. The zero-order valence-electron chi connectivity index (χ0n) is 16.8. The summed E-state index contributed by atoms with van der Waals surface area (Å²) >= 11 is 7.83. The zero-order chi connectivity index (χ0) is 21.2. The second-order valence-electron chi connectivity index (χ2n) is 6.55. The number of thioether (sulfide) groups is 1. The van der Waals surface area contributed by atoms with E-state index in [0.29, 0.717) is 36.1 Å². The first-order chi connectivity index (χ1) is 14.6. The van der Waals surface area contributed by atoms with E-state index in [0.717, 1.165) is 17.1 Å². The number of halogens is 1. The average Bonchev–Trinajstić information content (AvgIpc) is 2.77. The van der Waals surface area contributed by atoms with Crippen molar-refractivity contribution in [3.8, 4) is 11.5 Å². The van der Waals surface area contributed by atoms with Gasteiger partial charge in [0.1, 0.15) is 18.1 Å². The quantitative estimate of drug-likeness (QED) is 0.327. The number of benzene rings is 3. The van der Waals surface area contributed by atoms with Gasteiger partial charge in [-0.3, -0.25) is 4.79 Å². The zero-order valence-corrected chi connectivity index (χ0v) is 18.3. The number of carbonyl (C=O) groups is 1. The largest absolute Gasteiger partial charge is 0.493 e. The first-order valence-electron chi connectivity index (χ1n) is 9.70. The minimum absolute atomic E-state index is 0.147. The maximum atomic E-state index is 12.3. The summed E-state index contributed by atoms with van der Waals surface area (Å²) in [6.07, 6.45) is 0. The highest BCUT2D eigenvalue weighted by molar-refractivity contribution is 7.99. The van der Waals surface area contributed by atoms with Gasteiger partial charge in [-0.25, -0.2) is 0 Å². The van der Waals surface area contributed by atoms with E-state index in [-0.39, 0.29) is 5.91 Å². The third kappa shape index (κ3) is 7.01. The number of hydrogen-bond acceptors (Lipinski definition) is 4. The van der Waals surface area contributed by atoms with Gasteiger partial charge in [0.25, 0.3) is 5.91 Å². The molecule has 0 fully saturated rings. The molecule has 0 bridgehead atoms. The molecule has 0 atom stereocenters. The van der Waals surface area contributed by atoms with Gasteiger partial charge < -0.3 is 14.8 Å². The first-order valence-corrected chi connectivity index (χ1v) is 11.1. The lowest BCUT2D eigenvalue weighted by atomic mass is 10.2. The van der Waals surface area contributed by atoms with Crippen LogP contribution in [0, 0.1) is 6.92 Å². The molecule has 0 spiro atoms. The number of rotatable bonds is 10. The molecule has 3 aromatic carbocycles. The number of hydrogen-bond donors (Lipinski definition) is 1. The average molecular weight is 442 g/mol. The molecule has 0 heterocycles. The Kier molecular flexibility index (Phi) is 8.48. The molecular formula is C24H24ClNO3S. The van der Waals surface area contributed by atoms with Crippen LogP contribution in [0.2, 0.25) is 5.02 Å². The van der Waals surface area contributed by atoms with Gasteiger partial charge >= 0.3 is 0 Å². The summed E-state index contributed by atoms with van der Waals surface area (Å²) in [6, 6.07) is 22.9. The molecule has 3 aromatic rings. The lowest BCUT2D eigenvalue weighted by Crippen LogP contribution is -2.28. The summed E-state index contributed by atoms with van der Waals surface area (Å²) in [5.74, 6) is 2.15. The van der Waals surface area contributed by atoms with Crippen LogP contribution >= 0.6 is 23.4 Å². The summed E-state index contributed by atoms with van der Waals surface area (Å²) in [5, 5.41) is 3.51. The Morgan fingerprint density at radius 2 is 1.63 bits per heavy atom. The summed E-state index contributed by atoms with van der Waals surface area (Å²) < 4.78 is 11.4. The topological polar surface area (TPSA) is 47.6 Å².